The molecule has 6 nitrogen and oxygen atoms in total. The van der Waals surface area contributed by atoms with Crippen molar-refractivity contribution in [3.63, 3.8) is 0 Å². The number of rotatable bonds is 6. The van der Waals surface area contributed by atoms with E-state index in [1.807, 2.05) is 60.7 Å². The van der Waals surface area contributed by atoms with Gasteiger partial charge in [-0.3, -0.25) is 9.78 Å². The summed E-state index contributed by atoms with van der Waals surface area (Å²) < 4.78 is 28.4. The standard InChI is InChI=1S/C27H21N3O3S/c31-27(29-18-22-10-6-7-17-28-22)21-13-15-23(16-14-21)34(32,33)30-19-25(20-8-2-1-3-9-20)24-11-4-5-12-26(24)30/h1-17,19H,18H2,(H,29,31). The second-order valence-corrected chi connectivity index (χ2v) is 9.57. The van der Waals surface area contributed by atoms with E-state index in [0.29, 0.717) is 11.1 Å². The molecule has 0 aliphatic rings. The van der Waals surface area contributed by atoms with Crippen molar-refractivity contribution in [3.05, 3.63) is 121 Å². The van der Waals surface area contributed by atoms with Gasteiger partial charge in [0.2, 0.25) is 0 Å². The van der Waals surface area contributed by atoms with Crippen molar-refractivity contribution in [1.82, 2.24) is 14.3 Å². The summed E-state index contributed by atoms with van der Waals surface area (Å²) in [6.45, 7) is 0.289. The summed E-state index contributed by atoms with van der Waals surface area (Å²) in [5.74, 6) is -0.299. The number of carbonyl (C=O) groups is 1. The Labute approximate surface area is 197 Å². The van der Waals surface area contributed by atoms with Crippen molar-refractivity contribution < 1.29 is 13.2 Å². The maximum Gasteiger partial charge on any atom is 0.268 e. The van der Waals surface area contributed by atoms with E-state index >= 15 is 0 Å². The van der Waals surface area contributed by atoms with Gasteiger partial charge in [0, 0.05) is 28.9 Å². The lowest BCUT2D eigenvalue weighted by Crippen LogP contribution is -2.23. The average molecular weight is 468 g/mol. The Kier molecular flexibility index (Phi) is 5.69. The highest BCUT2D eigenvalue weighted by Gasteiger charge is 2.22. The average Bonchev–Trinajstić information content (AvgIpc) is 3.29. The van der Waals surface area contributed by atoms with Gasteiger partial charge in [0.05, 0.1) is 22.7 Å². The minimum atomic E-state index is -3.88. The van der Waals surface area contributed by atoms with Crippen molar-refractivity contribution in [1.29, 1.82) is 0 Å². The lowest BCUT2D eigenvalue weighted by molar-refractivity contribution is 0.0950. The van der Waals surface area contributed by atoms with Gasteiger partial charge < -0.3 is 5.32 Å². The third-order valence-electron chi connectivity index (χ3n) is 5.59. The maximum atomic E-state index is 13.5. The van der Waals surface area contributed by atoms with Gasteiger partial charge in [-0.2, -0.15) is 0 Å². The van der Waals surface area contributed by atoms with Gasteiger partial charge in [-0.15, -0.1) is 0 Å². The molecule has 1 amide bonds. The molecule has 0 aliphatic heterocycles. The number of aromatic nitrogens is 2. The fourth-order valence-electron chi connectivity index (χ4n) is 3.86. The van der Waals surface area contributed by atoms with Gasteiger partial charge in [0.15, 0.2) is 0 Å². The zero-order valence-corrected chi connectivity index (χ0v) is 18.9. The lowest BCUT2D eigenvalue weighted by atomic mass is 10.1. The van der Waals surface area contributed by atoms with Crippen LogP contribution in [-0.2, 0) is 16.6 Å². The molecule has 0 spiro atoms. The highest BCUT2D eigenvalue weighted by Crippen LogP contribution is 2.32. The van der Waals surface area contributed by atoms with Crippen LogP contribution >= 0.6 is 0 Å². The molecule has 168 valence electrons. The Hall–Kier alpha value is -4.23. The molecular weight excluding hydrogens is 446 g/mol. The Balaban J connectivity index is 1.45. The summed E-state index contributed by atoms with van der Waals surface area (Å²) >= 11 is 0. The Bertz CT molecular complexity index is 1560. The summed E-state index contributed by atoms with van der Waals surface area (Å²) in [7, 11) is -3.88. The zero-order chi connectivity index (χ0) is 23.5. The number of hydrogen-bond donors (Lipinski definition) is 1. The number of carbonyl (C=O) groups excluding carboxylic acids is 1. The van der Waals surface area contributed by atoms with E-state index in [9.17, 15) is 13.2 Å². The fourth-order valence-corrected chi connectivity index (χ4v) is 5.23. The molecule has 5 aromatic rings. The van der Waals surface area contributed by atoms with Crippen LogP contribution in [0, 0.1) is 0 Å². The van der Waals surface area contributed by atoms with E-state index in [1.54, 1.807) is 24.5 Å². The monoisotopic (exact) mass is 467 g/mol. The van der Waals surface area contributed by atoms with Gasteiger partial charge in [-0.05, 0) is 48.0 Å². The number of hydrogen-bond acceptors (Lipinski definition) is 4. The number of benzene rings is 3. The molecule has 0 saturated carbocycles. The highest BCUT2D eigenvalue weighted by atomic mass is 32.2. The van der Waals surface area contributed by atoms with E-state index in [1.165, 1.54) is 28.2 Å². The van der Waals surface area contributed by atoms with Crippen LogP contribution in [0.1, 0.15) is 16.1 Å². The molecule has 2 aromatic heterocycles. The SMILES string of the molecule is O=C(NCc1ccccn1)c1ccc(S(=O)(=O)n2cc(-c3ccccc3)c3ccccc32)cc1. The quantitative estimate of drug-likeness (QED) is 0.386. The van der Waals surface area contributed by atoms with Crippen molar-refractivity contribution in [3.8, 4) is 11.1 Å². The molecule has 0 unspecified atom stereocenters. The first-order valence-corrected chi connectivity index (χ1v) is 12.2. The smallest absolute Gasteiger partial charge is 0.268 e. The van der Waals surface area contributed by atoms with Crippen molar-refractivity contribution >= 4 is 26.8 Å². The van der Waals surface area contributed by atoms with E-state index in [-0.39, 0.29) is 17.3 Å². The van der Waals surface area contributed by atoms with Crippen LogP contribution in [-0.4, -0.2) is 23.3 Å². The number of para-hydroxylation sites is 1. The number of pyridine rings is 1. The zero-order valence-electron chi connectivity index (χ0n) is 18.1. The van der Waals surface area contributed by atoms with E-state index < -0.39 is 10.0 Å². The molecule has 0 aliphatic carbocycles. The molecule has 2 heterocycles. The van der Waals surface area contributed by atoms with E-state index in [4.69, 9.17) is 0 Å². The molecular formula is C27H21N3O3S. The predicted molar refractivity (Wildman–Crippen MR) is 132 cm³/mol. The Morgan fingerprint density at radius 3 is 2.26 bits per heavy atom. The molecule has 3 aromatic carbocycles. The molecule has 0 atom stereocenters. The molecule has 34 heavy (non-hydrogen) atoms. The first-order valence-electron chi connectivity index (χ1n) is 10.7. The summed E-state index contributed by atoms with van der Waals surface area (Å²) in [5, 5.41) is 3.64. The molecule has 5 rings (SSSR count). The van der Waals surface area contributed by atoms with Crippen LogP contribution in [0.5, 0.6) is 0 Å². The molecule has 0 radical (unpaired) electrons. The van der Waals surface area contributed by atoms with Crippen LogP contribution in [0.15, 0.2) is 114 Å². The van der Waals surface area contributed by atoms with Crippen molar-refractivity contribution in [2.24, 2.45) is 0 Å². The molecule has 0 fully saturated rings. The second-order valence-electron chi connectivity index (χ2n) is 7.75. The minimum Gasteiger partial charge on any atom is -0.346 e. The highest BCUT2D eigenvalue weighted by molar-refractivity contribution is 7.90. The predicted octanol–water partition coefficient (Wildman–Crippen LogP) is 4.87. The first-order chi connectivity index (χ1) is 16.5. The van der Waals surface area contributed by atoms with Crippen LogP contribution < -0.4 is 5.32 Å². The second kappa shape index (κ2) is 8.96. The summed E-state index contributed by atoms with van der Waals surface area (Å²) in [5.41, 5.74) is 3.48. The van der Waals surface area contributed by atoms with Gasteiger partial charge in [0.1, 0.15) is 0 Å². The molecule has 1 N–H and O–H groups in total. The van der Waals surface area contributed by atoms with Crippen LogP contribution in [0.2, 0.25) is 0 Å². The lowest BCUT2D eigenvalue weighted by Gasteiger charge is -2.09. The number of fused-ring (bicyclic) bond motifs is 1. The summed E-state index contributed by atoms with van der Waals surface area (Å²) in [6, 6.07) is 28.5. The third kappa shape index (κ3) is 4.09. The Morgan fingerprint density at radius 1 is 0.824 bits per heavy atom. The van der Waals surface area contributed by atoms with Crippen LogP contribution in [0.3, 0.4) is 0 Å². The van der Waals surface area contributed by atoms with Crippen molar-refractivity contribution in [2.45, 2.75) is 11.4 Å². The molecule has 0 saturated heterocycles. The summed E-state index contributed by atoms with van der Waals surface area (Å²) in [6.07, 6.45) is 3.32. The topological polar surface area (TPSA) is 81.1 Å². The number of amides is 1. The van der Waals surface area contributed by atoms with Gasteiger partial charge in [-0.1, -0.05) is 54.6 Å². The van der Waals surface area contributed by atoms with Gasteiger partial charge in [-0.25, -0.2) is 12.4 Å². The number of nitrogens with zero attached hydrogens (tertiary/aromatic N) is 2. The Morgan fingerprint density at radius 2 is 1.53 bits per heavy atom. The van der Waals surface area contributed by atoms with Crippen LogP contribution in [0.4, 0.5) is 0 Å². The van der Waals surface area contributed by atoms with Crippen molar-refractivity contribution in [2.75, 3.05) is 0 Å². The first kappa shape index (κ1) is 21.6. The minimum absolute atomic E-state index is 0.106. The number of nitrogens with one attached hydrogen (secondary N) is 1. The normalized spacial score (nSPS) is 11.4. The van der Waals surface area contributed by atoms with E-state index in [2.05, 4.69) is 10.3 Å². The largest absolute Gasteiger partial charge is 0.346 e. The fraction of sp³-hybridized carbons (Fsp3) is 0.0370. The summed E-state index contributed by atoms with van der Waals surface area (Å²) in [4.78, 5) is 16.8. The van der Waals surface area contributed by atoms with E-state index in [0.717, 1.165) is 22.2 Å². The maximum absolute atomic E-state index is 13.5. The molecule has 0 bridgehead atoms. The van der Waals surface area contributed by atoms with Crippen LogP contribution in [0.25, 0.3) is 22.0 Å². The van der Waals surface area contributed by atoms with Gasteiger partial charge in [0.25, 0.3) is 15.9 Å². The van der Waals surface area contributed by atoms with Gasteiger partial charge >= 0.3 is 0 Å². The molecule has 7 heteroatoms. The third-order valence-corrected chi connectivity index (χ3v) is 7.28.